The van der Waals surface area contributed by atoms with Crippen LogP contribution in [0.3, 0.4) is 0 Å². The third kappa shape index (κ3) is 3.49. The van der Waals surface area contributed by atoms with E-state index < -0.39 is 5.41 Å². The molecule has 5 nitrogen and oxygen atoms in total. The smallest absolute Gasteiger partial charge is 0.230 e. The Kier molecular flexibility index (Phi) is 5.35. The van der Waals surface area contributed by atoms with Crippen molar-refractivity contribution in [2.24, 2.45) is 23.7 Å². The number of aromatic nitrogens is 1. The first-order chi connectivity index (χ1) is 12.3. The van der Waals surface area contributed by atoms with Gasteiger partial charge >= 0.3 is 0 Å². The monoisotopic (exact) mass is 357 g/mol. The SMILES string of the molecule is CCC(C)C(=O)N1C[C@@H]2C[C@@H](CNC(=O)C(C)(C)c3cccnc3)[C@@H]2C1. The van der Waals surface area contributed by atoms with E-state index in [1.807, 2.05) is 37.8 Å². The molecule has 142 valence electrons. The van der Waals surface area contributed by atoms with Crippen molar-refractivity contribution in [2.45, 2.75) is 46.0 Å². The van der Waals surface area contributed by atoms with E-state index in [4.69, 9.17) is 0 Å². The maximum atomic E-state index is 12.7. The second kappa shape index (κ2) is 7.37. The minimum Gasteiger partial charge on any atom is -0.355 e. The van der Waals surface area contributed by atoms with Gasteiger partial charge in [0.15, 0.2) is 0 Å². The number of fused-ring (bicyclic) bond motifs is 1. The lowest BCUT2D eigenvalue weighted by molar-refractivity contribution is -0.134. The van der Waals surface area contributed by atoms with Crippen molar-refractivity contribution in [3.05, 3.63) is 30.1 Å². The average molecular weight is 357 g/mol. The van der Waals surface area contributed by atoms with Crippen LogP contribution in [0, 0.1) is 23.7 Å². The highest BCUT2D eigenvalue weighted by Crippen LogP contribution is 2.45. The third-order valence-electron chi connectivity index (χ3n) is 6.52. The molecular formula is C21H31N3O2. The molecule has 1 aliphatic carbocycles. The van der Waals surface area contributed by atoms with Gasteiger partial charge in [-0.1, -0.05) is 19.9 Å². The molecule has 0 radical (unpaired) electrons. The van der Waals surface area contributed by atoms with E-state index in [9.17, 15) is 9.59 Å². The number of pyridine rings is 1. The van der Waals surface area contributed by atoms with Gasteiger partial charge in [0.05, 0.1) is 5.41 Å². The molecule has 4 atom stereocenters. The van der Waals surface area contributed by atoms with Crippen LogP contribution in [0.5, 0.6) is 0 Å². The summed E-state index contributed by atoms with van der Waals surface area (Å²) in [6.45, 7) is 10.4. The molecule has 2 aliphatic rings. The van der Waals surface area contributed by atoms with Crippen molar-refractivity contribution in [3.8, 4) is 0 Å². The van der Waals surface area contributed by atoms with Crippen LogP contribution < -0.4 is 5.32 Å². The number of carbonyl (C=O) groups excluding carboxylic acids is 2. The summed E-state index contributed by atoms with van der Waals surface area (Å²) in [4.78, 5) is 31.3. The van der Waals surface area contributed by atoms with Gasteiger partial charge in [0.25, 0.3) is 0 Å². The van der Waals surface area contributed by atoms with Crippen molar-refractivity contribution in [1.82, 2.24) is 15.2 Å². The van der Waals surface area contributed by atoms with Gasteiger partial charge in [0.2, 0.25) is 11.8 Å². The first kappa shape index (κ1) is 18.9. The van der Waals surface area contributed by atoms with E-state index in [0.717, 1.165) is 31.5 Å². The van der Waals surface area contributed by atoms with Crippen LogP contribution in [-0.4, -0.2) is 41.3 Å². The number of hydrogen-bond donors (Lipinski definition) is 1. The Balaban J connectivity index is 1.51. The summed E-state index contributed by atoms with van der Waals surface area (Å²) in [6, 6.07) is 3.81. The van der Waals surface area contributed by atoms with Crippen LogP contribution >= 0.6 is 0 Å². The molecule has 2 heterocycles. The van der Waals surface area contributed by atoms with E-state index in [1.54, 1.807) is 12.4 Å². The summed E-state index contributed by atoms with van der Waals surface area (Å²) in [7, 11) is 0. The molecular weight excluding hydrogens is 326 g/mol. The molecule has 0 bridgehead atoms. The Morgan fingerprint density at radius 3 is 2.81 bits per heavy atom. The van der Waals surface area contributed by atoms with E-state index in [-0.39, 0.29) is 11.8 Å². The summed E-state index contributed by atoms with van der Waals surface area (Å²) < 4.78 is 0. The van der Waals surface area contributed by atoms with E-state index in [0.29, 0.717) is 30.2 Å². The molecule has 2 amide bonds. The molecule has 1 saturated heterocycles. The van der Waals surface area contributed by atoms with Crippen molar-refractivity contribution < 1.29 is 9.59 Å². The molecule has 1 N–H and O–H groups in total. The average Bonchev–Trinajstić information content (AvgIpc) is 2.98. The summed E-state index contributed by atoms with van der Waals surface area (Å²) in [5.74, 6) is 2.11. The zero-order valence-electron chi connectivity index (χ0n) is 16.4. The number of likely N-dealkylation sites (tertiary alicyclic amines) is 1. The van der Waals surface area contributed by atoms with Gasteiger partial charge in [-0.15, -0.1) is 0 Å². The molecule has 1 aromatic heterocycles. The Morgan fingerprint density at radius 1 is 1.38 bits per heavy atom. The van der Waals surface area contributed by atoms with E-state index in [1.165, 1.54) is 0 Å². The molecule has 5 heteroatoms. The van der Waals surface area contributed by atoms with Crippen LogP contribution in [0.1, 0.15) is 46.1 Å². The first-order valence-electron chi connectivity index (χ1n) is 9.82. The lowest BCUT2D eigenvalue weighted by Gasteiger charge is -2.39. The quantitative estimate of drug-likeness (QED) is 0.851. The van der Waals surface area contributed by atoms with Gasteiger partial charge in [-0.05, 0) is 56.1 Å². The lowest BCUT2D eigenvalue weighted by atomic mass is 9.66. The predicted molar refractivity (Wildman–Crippen MR) is 101 cm³/mol. The second-order valence-corrected chi connectivity index (χ2v) is 8.55. The molecule has 1 aromatic rings. The van der Waals surface area contributed by atoms with Crippen molar-refractivity contribution >= 4 is 11.8 Å². The van der Waals surface area contributed by atoms with Gasteiger partial charge in [-0.3, -0.25) is 14.6 Å². The summed E-state index contributed by atoms with van der Waals surface area (Å²) >= 11 is 0. The fraction of sp³-hybridized carbons (Fsp3) is 0.667. The van der Waals surface area contributed by atoms with Crippen LogP contribution in [0.2, 0.25) is 0 Å². The Hall–Kier alpha value is -1.91. The van der Waals surface area contributed by atoms with Crippen LogP contribution in [0.4, 0.5) is 0 Å². The van der Waals surface area contributed by atoms with Gasteiger partial charge in [-0.25, -0.2) is 0 Å². The van der Waals surface area contributed by atoms with Gasteiger partial charge in [0.1, 0.15) is 0 Å². The zero-order valence-corrected chi connectivity index (χ0v) is 16.4. The third-order valence-corrected chi connectivity index (χ3v) is 6.52. The standard InChI is InChI=1S/C21H31N3O2/c1-5-14(2)19(25)24-12-16-9-15(18(16)13-24)10-23-20(26)21(3,4)17-7-6-8-22-11-17/h6-8,11,14-16,18H,5,9-10,12-13H2,1-4H3,(H,23,26)/t14?,15-,16-,18-/m0/s1. The number of amides is 2. The summed E-state index contributed by atoms with van der Waals surface area (Å²) in [5, 5.41) is 3.14. The highest BCUT2D eigenvalue weighted by molar-refractivity contribution is 5.87. The molecule has 0 spiro atoms. The van der Waals surface area contributed by atoms with E-state index >= 15 is 0 Å². The topological polar surface area (TPSA) is 62.3 Å². The number of nitrogens with zero attached hydrogens (tertiary/aromatic N) is 2. The first-order valence-corrected chi connectivity index (χ1v) is 9.82. The number of rotatable bonds is 6. The van der Waals surface area contributed by atoms with Crippen molar-refractivity contribution in [3.63, 3.8) is 0 Å². The fourth-order valence-electron chi connectivity index (χ4n) is 4.26. The molecule has 3 rings (SSSR count). The highest BCUT2D eigenvalue weighted by Gasteiger charge is 2.48. The normalized spacial score (nSPS) is 26.0. The summed E-state index contributed by atoms with van der Waals surface area (Å²) in [6.07, 6.45) is 5.49. The van der Waals surface area contributed by atoms with Gasteiger partial charge in [-0.2, -0.15) is 0 Å². The van der Waals surface area contributed by atoms with Gasteiger partial charge in [0, 0.05) is 37.9 Å². The Labute approximate surface area is 156 Å². The highest BCUT2D eigenvalue weighted by atomic mass is 16.2. The molecule has 26 heavy (non-hydrogen) atoms. The van der Waals surface area contributed by atoms with Crippen molar-refractivity contribution in [1.29, 1.82) is 0 Å². The maximum Gasteiger partial charge on any atom is 0.230 e. The van der Waals surface area contributed by atoms with E-state index in [2.05, 4.69) is 17.2 Å². The van der Waals surface area contributed by atoms with Crippen LogP contribution in [0.15, 0.2) is 24.5 Å². The second-order valence-electron chi connectivity index (χ2n) is 8.55. The predicted octanol–water partition coefficient (Wildman–Crippen LogP) is 2.62. The molecule has 1 saturated carbocycles. The lowest BCUT2D eigenvalue weighted by Crippen LogP contribution is -2.47. The Bertz CT molecular complexity index is 658. The number of nitrogens with one attached hydrogen (secondary N) is 1. The summed E-state index contributed by atoms with van der Waals surface area (Å²) in [5.41, 5.74) is 0.334. The zero-order chi connectivity index (χ0) is 18.9. The molecule has 2 fully saturated rings. The fourth-order valence-corrected chi connectivity index (χ4v) is 4.26. The van der Waals surface area contributed by atoms with Crippen LogP contribution in [0.25, 0.3) is 0 Å². The maximum absolute atomic E-state index is 12.7. The molecule has 0 aromatic carbocycles. The minimum atomic E-state index is -0.592. The molecule has 1 aliphatic heterocycles. The Morgan fingerprint density at radius 2 is 2.15 bits per heavy atom. The van der Waals surface area contributed by atoms with Crippen molar-refractivity contribution in [2.75, 3.05) is 19.6 Å². The molecule has 1 unspecified atom stereocenters. The largest absolute Gasteiger partial charge is 0.355 e. The number of hydrogen-bond acceptors (Lipinski definition) is 3. The van der Waals surface area contributed by atoms with Crippen LogP contribution in [-0.2, 0) is 15.0 Å². The van der Waals surface area contributed by atoms with Gasteiger partial charge < -0.3 is 10.2 Å². The number of carbonyl (C=O) groups is 2. The minimum absolute atomic E-state index is 0.0412.